The van der Waals surface area contributed by atoms with E-state index in [0.717, 1.165) is 5.56 Å². The second kappa shape index (κ2) is 6.72. The van der Waals surface area contributed by atoms with Gasteiger partial charge in [0.2, 0.25) is 5.89 Å². The van der Waals surface area contributed by atoms with Crippen LogP contribution in [0.5, 0.6) is 5.75 Å². The summed E-state index contributed by atoms with van der Waals surface area (Å²) in [6.45, 7) is 1.92. The number of benzene rings is 2. The van der Waals surface area contributed by atoms with Crippen LogP contribution in [0.1, 0.15) is 16.2 Å². The standard InChI is InChI=1S/C17H14ClN3O3/c1-10-3-8-14(23-2)13(9-10)19-15(22)17-21-20-16(24-17)11-4-6-12(18)7-5-11/h3-9H,1-2H3,(H,19,22). The second-order valence-electron chi connectivity index (χ2n) is 5.08. The number of aromatic nitrogens is 2. The molecule has 6 nitrogen and oxygen atoms in total. The first-order chi connectivity index (χ1) is 11.6. The Morgan fingerprint density at radius 1 is 1.17 bits per heavy atom. The van der Waals surface area contributed by atoms with E-state index in [1.165, 1.54) is 7.11 Å². The largest absolute Gasteiger partial charge is 0.495 e. The maximum absolute atomic E-state index is 12.3. The van der Waals surface area contributed by atoms with Crippen LogP contribution in [-0.4, -0.2) is 23.2 Å². The van der Waals surface area contributed by atoms with Crippen molar-refractivity contribution < 1.29 is 13.9 Å². The average Bonchev–Trinajstić information content (AvgIpc) is 3.06. The number of carbonyl (C=O) groups excluding carboxylic acids is 1. The fourth-order valence-electron chi connectivity index (χ4n) is 2.12. The van der Waals surface area contributed by atoms with Crippen LogP contribution < -0.4 is 10.1 Å². The number of nitrogens with zero attached hydrogens (tertiary/aromatic N) is 2. The Morgan fingerprint density at radius 2 is 1.92 bits per heavy atom. The van der Waals surface area contributed by atoms with E-state index in [1.807, 2.05) is 13.0 Å². The zero-order valence-corrected chi connectivity index (χ0v) is 13.8. The van der Waals surface area contributed by atoms with Crippen molar-refractivity contribution in [1.82, 2.24) is 10.2 Å². The van der Waals surface area contributed by atoms with E-state index in [-0.39, 0.29) is 11.8 Å². The van der Waals surface area contributed by atoms with Crippen LogP contribution in [0.3, 0.4) is 0 Å². The number of ether oxygens (including phenoxy) is 1. The molecule has 122 valence electrons. The van der Waals surface area contributed by atoms with Gasteiger partial charge >= 0.3 is 11.8 Å². The fourth-order valence-corrected chi connectivity index (χ4v) is 2.25. The summed E-state index contributed by atoms with van der Waals surface area (Å²) in [5, 5.41) is 11.0. The van der Waals surface area contributed by atoms with E-state index in [1.54, 1.807) is 36.4 Å². The molecule has 0 aliphatic heterocycles. The molecule has 0 aliphatic carbocycles. The molecule has 0 radical (unpaired) electrons. The zero-order valence-electron chi connectivity index (χ0n) is 13.0. The average molecular weight is 344 g/mol. The number of amides is 1. The Kier molecular flexibility index (Phi) is 4.48. The van der Waals surface area contributed by atoms with Crippen LogP contribution >= 0.6 is 11.6 Å². The van der Waals surface area contributed by atoms with Crippen LogP contribution in [0.25, 0.3) is 11.5 Å². The molecule has 1 aromatic heterocycles. The highest BCUT2D eigenvalue weighted by atomic mass is 35.5. The SMILES string of the molecule is COc1ccc(C)cc1NC(=O)c1nnc(-c2ccc(Cl)cc2)o1. The predicted octanol–water partition coefficient (Wildman–Crippen LogP) is 3.96. The van der Waals surface area contributed by atoms with E-state index < -0.39 is 5.91 Å². The molecule has 7 heteroatoms. The normalized spacial score (nSPS) is 10.5. The molecule has 3 aromatic rings. The summed E-state index contributed by atoms with van der Waals surface area (Å²) in [5.74, 6) is 0.148. The Bertz CT molecular complexity index is 875. The molecule has 1 N–H and O–H groups in total. The molecule has 0 bridgehead atoms. The van der Waals surface area contributed by atoms with Crippen molar-refractivity contribution in [2.75, 3.05) is 12.4 Å². The minimum atomic E-state index is -0.508. The van der Waals surface area contributed by atoms with Gasteiger partial charge in [0.1, 0.15) is 5.75 Å². The molecule has 0 aliphatic rings. The van der Waals surface area contributed by atoms with Gasteiger partial charge in [-0.2, -0.15) is 0 Å². The van der Waals surface area contributed by atoms with E-state index in [2.05, 4.69) is 15.5 Å². The Hall–Kier alpha value is -2.86. The quantitative estimate of drug-likeness (QED) is 0.775. The number of rotatable bonds is 4. The molecule has 3 rings (SSSR count). The van der Waals surface area contributed by atoms with Crippen molar-refractivity contribution >= 4 is 23.2 Å². The van der Waals surface area contributed by atoms with Gasteiger partial charge in [-0.1, -0.05) is 17.7 Å². The maximum atomic E-state index is 12.3. The number of hydrogen-bond acceptors (Lipinski definition) is 5. The van der Waals surface area contributed by atoms with Crippen LogP contribution in [0.15, 0.2) is 46.9 Å². The molecule has 1 heterocycles. The molecule has 2 aromatic carbocycles. The van der Waals surface area contributed by atoms with Gasteiger partial charge in [-0.25, -0.2) is 0 Å². The Labute approximate surface area is 143 Å². The monoisotopic (exact) mass is 343 g/mol. The molecular weight excluding hydrogens is 330 g/mol. The van der Waals surface area contributed by atoms with E-state index in [0.29, 0.717) is 22.0 Å². The lowest BCUT2D eigenvalue weighted by molar-refractivity contribution is 0.0990. The topological polar surface area (TPSA) is 77.2 Å². The summed E-state index contributed by atoms with van der Waals surface area (Å²) >= 11 is 5.84. The van der Waals surface area contributed by atoms with Gasteiger partial charge in [-0.3, -0.25) is 4.79 Å². The molecule has 0 saturated carbocycles. The van der Waals surface area contributed by atoms with Gasteiger partial charge in [0, 0.05) is 10.6 Å². The third kappa shape index (κ3) is 3.38. The highest BCUT2D eigenvalue weighted by Crippen LogP contribution is 2.26. The smallest absolute Gasteiger partial charge is 0.313 e. The second-order valence-corrected chi connectivity index (χ2v) is 5.51. The first-order valence-corrected chi connectivity index (χ1v) is 7.50. The highest BCUT2D eigenvalue weighted by Gasteiger charge is 2.17. The molecule has 24 heavy (non-hydrogen) atoms. The van der Waals surface area contributed by atoms with Crippen LogP contribution in [0.4, 0.5) is 5.69 Å². The van der Waals surface area contributed by atoms with Crippen LogP contribution in [-0.2, 0) is 0 Å². The summed E-state index contributed by atoms with van der Waals surface area (Å²) in [5.41, 5.74) is 2.20. The van der Waals surface area contributed by atoms with Crippen molar-refractivity contribution in [2.24, 2.45) is 0 Å². The zero-order chi connectivity index (χ0) is 17.1. The van der Waals surface area contributed by atoms with Crippen molar-refractivity contribution in [3.05, 3.63) is 58.9 Å². The van der Waals surface area contributed by atoms with Crippen molar-refractivity contribution in [3.63, 3.8) is 0 Å². The Morgan fingerprint density at radius 3 is 2.62 bits per heavy atom. The maximum Gasteiger partial charge on any atom is 0.313 e. The number of methoxy groups -OCH3 is 1. The van der Waals surface area contributed by atoms with Crippen molar-refractivity contribution in [3.8, 4) is 17.2 Å². The van der Waals surface area contributed by atoms with Gasteiger partial charge in [-0.05, 0) is 48.9 Å². The molecular formula is C17H14ClN3O3. The van der Waals surface area contributed by atoms with E-state index in [4.69, 9.17) is 20.8 Å². The summed E-state index contributed by atoms with van der Waals surface area (Å²) in [4.78, 5) is 12.3. The summed E-state index contributed by atoms with van der Waals surface area (Å²) in [6, 6.07) is 12.4. The van der Waals surface area contributed by atoms with Gasteiger partial charge in [0.15, 0.2) is 0 Å². The lowest BCUT2D eigenvalue weighted by Gasteiger charge is -2.09. The molecule has 0 fully saturated rings. The highest BCUT2D eigenvalue weighted by molar-refractivity contribution is 6.30. The first kappa shape index (κ1) is 16.0. The van der Waals surface area contributed by atoms with Gasteiger partial charge < -0.3 is 14.5 Å². The lowest BCUT2D eigenvalue weighted by atomic mass is 10.2. The van der Waals surface area contributed by atoms with Crippen molar-refractivity contribution in [2.45, 2.75) is 6.92 Å². The van der Waals surface area contributed by atoms with Crippen LogP contribution in [0.2, 0.25) is 5.02 Å². The first-order valence-electron chi connectivity index (χ1n) is 7.12. The molecule has 1 amide bonds. The summed E-state index contributed by atoms with van der Waals surface area (Å²) in [7, 11) is 1.53. The van der Waals surface area contributed by atoms with Crippen molar-refractivity contribution in [1.29, 1.82) is 0 Å². The molecule has 0 saturated heterocycles. The van der Waals surface area contributed by atoms with Gasteiger partial charge in [-0.15, -0.1) is 10.2 Å². The van der Waals surface area contributed by atoms with Gasteiger partial charge in [0.05, 0.1) is 12.8 Å². The van der Waals surface area contributed by atoms with E-state index in [9.17, 15) is 4.79 Å². The van der Waals surface area contributed by atoms with Gasteiger partial charge in [0.25, 0.3) is 0 Å². The minimum absolute atomic E-state index is 0.136. The lowest BCUT2D eigenvalue weighted by Crippen LogP contribution is -2.13. The summed E-state index contributed by atoms with van der Waals surface area (Å²) < 4.78 is 10.7. The van der Waals surface area contributed by atoms with E-state index >= 15 is 0 Å². The molecule has 0 atom stereocenters. The summed E-state index contributed by atoms with van der Waals surface area (Å²) in [6.07, 6.45) is 0. The minimum Gasteiger partial charge on any atom is -0.495 e. The number of nitrogens with one attached hydrogen (secondary N) is 1. The number of anilines is 1. The fraction of sp³-hybridized carbons (Fsp3) is 0.118. The third-order valence-electron chi connectivity index (χ3n) is 3.31. The molecule has 0 spiro atoms. The number of aryl methyl sites for hydroxylation is 1. The number of carbonyl (C=O) groups is 1. The number of hydrogen-bond donors (Lipinski definition) is 1. The predicted molar refractivity (Wildman–Crippen MR) is 90.4 cm³/mol. The number of halogens is 1. The van der Waals surface area contributed by atoms with Crippen LogP contribution in [0, 0.1) is 6.92 Å². The third-order valence-corrected chi connectivity index (χ3v) is 3.57. The Balaban J connectivity index is 1.81. The molecule has 0 unspecified atom stereocenters.